The fourth-order valence-corrected chi connectivity index (χ4v) is 2.32. The van der Waals surface area contributed by atoms with Crippen molar-refractivity contribution >= 4 is 23.1 Å². The lowest BCUT2D eigenvalue weighted by Crippen LogP contribution is -2.22. The number of ether oxygens (including phenoxy) is 1. The third-order valence-electron chi connectivity index (χ3n) is 1.16. The van der Waals surface area contributed by atoms with E-state index in [2.05, 4.69) is 33.1 Å². The predicted octanol–water partition coefficient (Wildman–Crippen LogP) is 3.65. The highest BCUT2D eigenvalue weighted by Crippen LogP contribution is 2.32. The van der Waals surface area contributed by atoms with Gasteiger partial charge in [0.1, 0.15) is 5.60 Å². The van der Waals surface area contributed by atoms with E-state index >= 15 is 0 Å². The van der Waals surface area contributed by atoms with E-state index in [4.69, 9.17) is 4.74 Å². The van der Waals surface area contributed by atoms with E-state index in [1.165, 1.54) is 4.21 Å². The zero-order valence-electron chi connectivity index (χ0n) is 7.88. The lowest BCUT2D eigenvalue weighted by atomic mass is 10.2. The number of hydrogen-bond donors (Lipinski definition) is 0. The molecule has 1 aromatic heterocycles. The molecule has 0 unspecified atom stereocenters. The minimum atomic E-state index is -0.0828. The highest BCUT2D eigenvalue weighted by atomic mass is 32.2. The highest BCUT2D eigenvalue weighted by Gasteiger charge is 2.12. The van der Waals surface area contributed by atoms with Gasteiger partial charge < -0.3 is 4.74 Å². The molecule has 68 valence electrons. The van der Waals surface area contributed by atoms with Crippen LogP contribution >= 0.6 is 23.1 Å². The van der Waals surface area contributed by atoms with Crippen LogP contribution in [0.25, 0.3) is 0 Å². The van der Waals surface area contributed by atoms with Crippen LogP contribution in [0.15, 0.2) is 16.3 Å². The van der Waals surface area contributed by atoms with Gasteiger partial charge in [-0.05, 0) is 39.2 Å². The van der Waals surface area contributed by atoms with E-state index in [9.17, 15) is 0 Å². The largest absolute Gasteiger partial charge is 0.479 e. The van der Waals surface area contributed by atoms with Crippen molar-refractivity contribution in [3.8, 4) is 5.06 Å². The highest BCUT2D eigenvalue weighted by molar-refractivity contribution is 8.00. The van der Waals surface area contributed by atoms with Crippen molar-refractivity contribution < 1.29 is 4.74 Å². The smallest absolute Gasteiger partial charge is 0.175 e. The van der Waals surface area contributed by atoms with Gasteiger partial charge in [0.25, 0.3) is 0 Å². The fraction of sp³-hybridized carbons (Fsp3) is 0.556. The van der Waals surface area contributed by atoms with Gasteiger partial charge >= 0.3 is 0 Å². The van der Waals surface area contributed by atoms with Crippen LogP contribution in [-0.2, 0) is 0 Å². The normalized spacial score (nSPS) is 11.7. The third-order valence-corrected chi connectivity index (χ3v) is 3.21. The molecule has 1 heterocycles. The average molecular weight is 202 g/mol. The molecule has 0 amide bonds. The maximum Gasteiger partial charge on any atom is 0.175 e. The summed E-state index contributed by atoms with van der Waals surface area (Å²) < 4.78 is 6.99. The van der Waals surface area contributed by atoms with E-state index in [1.807, 2.05) is 6.07 Å². The Labute approximate surface area is 82.1 Å². The molecular formula is C9H14OS2. The molecule has 1 nitrogen and oxygen atoms in total. The predicted molar refractivity (Wildman–Crippen MR) is 56.5 cm³/mol. The molecule has 0 fully saturated rings. The van der Waals surface area contributed by atoms with Crippen LogP contribution in [0.4, 0.5) is 0 Å². The maximum atomic E-state index is 5.69. The molecule has 0 spiro atoms. The van der Waals surface area contributed by atoms with E-state index in [0.717, 1.165) is 5.06 Å². The van der Waals surface area contributed by atoms with Gasteiger partial charge in [-0.15, -0.1) is 11.8 Å². The standard InChI is InChI=1S/C9H14OS2/c1-9(2,3)10-7-5-6-8(11-4)12-7/h5-6H,1-4H3. The zero-order chi connectivity index (χ0) is 9.19. The number of thioether (sulfide) groups is 1. The number of thiophene rings is 1. The van der Waals surface area contributed by atoms with Gasteiger partial charge in [0, 0.05) is 0 Å². The molecular weight excluding hydrogens is 188 g/mol. The summed E-state index contributed by atoms with van der Waals surface area (Å²) in [6.07, 6.45) is 2.08. The first-order valence-electron chi connectivity index (χ1n) is 3.84. The molecule has 12 heavy (non-hydrogen) atoms. The Hall–Kier alpha value is -0.150. The summed E-state index contributed by atoms with van der Waals surface area (Å²) in [5.41, 5.74) is -0.0828. The van der Waals surface area contributed by atoms with Crippen LogP contribution < -0.4 is 4.74 Å². The van der Waals surface area contributed by atoms with Gasteiger partial charge in [-0.1, -0.05) is 11.3 Å². The Morgan fingerprint density at radius 1 is 1.33 bits per heavy atom. The summed E-state index contributed by atoms with van der Waals surface area (Å²) in [5, 5.41) is 1.01. The van der Waals surface area contributed by atoms with Gasteiger partial charge in [0.05, 0.1) is 4.21 Å². The topological polar surface area (TPSA) is 9.23 Å². The molecule has 0 saturated carbocycles. The van der Waals surface area contributed by atoms with Crippen LogP contribution in [0, 0.1) is 0 Å². The number of hydrogen-bond acceptors (Lipinski definition) is 3. The monoisotopic (exact) mass is 202 g/mol. The second kappa shape index (κ2) is 3.71. The lowest BCUT2D eigenvalue weighted by Gasteiger charge is -2.19. The molecule has 0 aromatic carbocycles. The van der Waals surface area contributed by atoms with Crippen LogP contribution in [0.1, 0.15) is 20.8 Å². The maximum absolute atomic E-state index is 5.69. The van der Waals surface area contributed by atoms with Gasteiger partial charge in [0.15, 0.2) is 5.06 Å². The van der Waals surface area contributed by atoms with Crippen molar-refractivity contribution in [2.75, 3.05) is 6.26 Å². The molecule has 0 aliphatic carbocycles. The van der Waals surface area contributed by atoms with E-state index in [-0.39, 0.29) is 5.60 Å². The Balaban J connectivity index is 2.64. The Morgan fingerprint density at radius 2 is 2.00 bits per heavy atom. The second-order valence-corrected chi connectivity index (χ2v) is 5.64. The average Bonchev–Trinajstić information content (AvgIpc) is 2.32. The van der Waals surface area contributed by atoms with Gasteiger partial charge in [0.2, 0.25) is 0 Å². The van der Waals surface area contributed by atoms with Gasteiger partial charge in [-0.3, -0.25) is 0 Å². The van der Waals surface area contributed by atoms with Crippen LogP contribution in [0.5, 0.6) is 5.06 Å². The SMILES string of the molecule is CSc1ccc(OC(C)(C)C)s1. The third kappa shape index (κ3) is 3.07. The quantitative estimate of drug-likeness (QED) is 0.677. The molecule has 1 rings (SSSR count). The van der Waals surface area contributed by atoms with Crippen molar-refractivity contribution in [3.63, 3.8) is 0 Å². The van der Waals surface area contributed by atoms with Crippen molar-refractivity contribution in [3.05, 3.63) is 12.1 Å². The molecule has 0 atom stereocenters. The van der Waals surface area contributed by atoms with Crippen molar-refractivity contribution in [2.24, 2.45) is 0 Å². The van der Waals surface area contributed by atoms with Crippen molar-refractivity contribution in [2.45, 2.75) is 30.6 Å². The fourth-order valence-electron chi connectivity index (χ4n) is 0.770. The Bertz CT molecular complexity index is 247. The van der Waals surface area contributed by atoms with E-state index in [1.54, 1.807) is 23.1 Å². The summed E-state index contributed by atoms with van der Waals surface area (Å²) in [4.78, 5) is 0. The van der Waals surface area contributed by atoms with Crippen LogP contribution in [0.2, 0.25) is 0 Å². The molecule has 0 N–H and O–H groups in total. The van der Waals surface area contributed by atoms with Gasteiger partial charge in [-0.2, -0.15) is 0 Å². The molecule has 0 radical (unpaired) electrons. The Morgan fingerprint density at radius 3 is 2.42 bits per heavy atom. The van der Waals surface area contributed by atoms with Crippen LogP contribution in [-0.4, -0.2) is 11.9 Å². The minimum Gasteiger partial charge on any atom is -0.479 e. The van der Waals surface area contributed by atoms with Crippen molar-refractivity contribution in [1.82, 2.24) is 0 Å². The van der Waals surface area contributed by atoms with Crippen molar-refractivity contribution in [1.29, 1.82) is 0 Å². The molecule has 0 bridgehead atoms. The number of rotatable bonds is 2. The first-order valence-corrected chi connectivity index (χ1v) is 5.88. The molecule has 0 saturated heterocycles. The summed E-state index contributed by atoms with van der Waals surface area (Å²) >= 11 is 3.45. The molecule has 1 aromatic rings. The summed E-state index contributed by atoms with van der Waals surface area (Å²) in [5.74, 6) is 0. The second-order valence-electron chi connectivity index (χ2n) is 3.49. The first-order chi connectivity index (χ1) is 5.51. The minimum absolute atomic E-state index is 0.0828. The summed E-state index contributed by atoms with van der Waals surface area (Å²) in [6, 6.07) is 4.12. The van der Waals surface area contributed by atoms with E-state index in [0.29, 0.717) is 0 Å². The summed E-state index contributed by atoms with van der Waals surface area (Å²) in [7, 11) is 0. The van der Waals surface area contributed by atoms with Gasteiger partial charge in [-0.25, -0.2) is 0 Å². The lowest BCUT2D eigenvalue weighted by molar-refractivity contribution is 0.136. The Kier molecular flexibility index (Phi) is 3.07. The summed E-state index contributed by atoms with van der Waals surface area (Å²) in [6.45, 7) is 6.18. The molecule has 0 aliphatic heterocycles. The van der Waals surface area contributed by atoms with Crippen LogP contribution in [0.3, 0.4) is 0 Å². The molecule has 3 heteroatoms. The first kappa shape index (κ1) is 9.93. The molecule has 0 aliphatic rings. The zero-order valence-corrected chi connectivity index (χ0v) is 9.51. The van der Waals surface area contributed by atoms with E-state index < -0.39 is 0 Å².